The quantitative estimate of drug-likeness (QED) is 0.673. The summed E-state index contributed by atoms with van der Waals surface area (Å²) in [6.07, 6.45) is 4.96. The average Bonchev–Trinajstić information content (AvgIpc) is 2.39. The highest BCUT2D eigenvalue weighted by Crippen LogP contribution is 2.28. The molecular weight excluding hydrogens is 244 g/mol. The number of pyridine rings is 2. The lowest BCUT2D eigenvalue weighted by Crippen LogP contribution is -2.10. The molecule has 2 rings (SSSR count). The highest BCUT2D eigenvalue weighted by Gasteiger charge is 2.20. The van der Waals surface area contributed by atoms with E-state index < -0.39 is 4.92 Å². The number of nitrogens with zero attached hydrogens (tertiary/aromatic N) is 3. The lowest BCUT2D eigenvalue weighted by atomic mass is 10.1. The average molecular weight is 258 g/mol. The summed E-state index contributed by atoms with van der Waals surface area (Å²) in [6.45, 7) is 3.60. The van der Waals surface area contributed by atoms with Crippen LogP contribution in [0.15, 0.2) is 36.8 Å². The molecule has 0 aliphatic heterocycles. The molecule has 1 atom stereocenters. The molecule has 0 aromatic carbocycles. The molecule has 0 aliphatic rings. The fourth-order valence-electron chi connectivity index (χ4n) is 1.81. The Hall–Kier alpha value is -2.50. The van der Waals surface area contributed by atoms with Crippen LogP contribution >= 0.6 is 0 Å². The Kier molecular flexibility index (Phi) is 3.70. The number of anilines is 1. The van der Waals surface area contributed by atoms with Gasteiger partial charge < -0.3 is 5.32 Å². The van der Waals surface area contributed by atoms with Crippen LogP contribution < -0.4 is 5.32 Å². The Morgan fingerprint density at radius 2 is 2.16 bits per heavy atom. The zero-order valence-electron chi connectivity index (χ0n) is 10.7. The van der Waals surface area contributed by atoms with Gasteiger partial charge in [-0.25, -0.2) is 4.98 Å². The third-order valence-corrected chi connectivity index (χ3v) is 2.85. The Balaban J connectivity index is 2.29. The Bertz CT molecular complexity index is 586. The summed E-state index contributed by atoms with van der Waals surface area (Å²) in [5.41, 5.74) is 1.54. The van der Waals surface area contributed by atoms with Crippen molar-refractivity contribution in [2.45, 2.75) is 19.9 Å². The second kappa shape index (κ2) is 5.43. The van der Waals surface area contributed by atoms with E-state index in [1.165, 1.54) is 0 Å². The van der Waals surface area contributed by atoms with Gasteiger partial charge in [0.05, 0.1) is 11.0 Å². The molecule has 98 valence electrons. The predicted molar refractivity (Wildman–Crippen MR) is 71.9 cm³/mol. The molecule has 19 heavy (non-hydrogen) atoms. The second-order valence-corrected chi connectivity index (χ2v) is 4.23. The first kappa shape index (κ1) is 12.9. The summed E-state index contributed by atoms with van der Waals surface area (Å²) >= 11 is 0. The lowest BCUT2D eigenvalue weighted by Gasteiger charge is -2.14. The van der Waals surface area contributed by atoms with E-state index in [1.54, 1.807) is 31.6 Å². The third kappa shape index (κ3) is 2.85. The minimum absolute atomic E-state index is 0.0123. The van der Waals surface area contributed by atoms with Crippen LogP contribution in [0.4, 0.5) is 11.5 Å². The summed E-state index contributed by atoms with van der Waals surface area (Å²) < 4.78 is 0. The molecule has 0 saturated carbocycles. The van der Waals surface area contributed by atoms with Crippen LogP contribution in [0.5, 0.6) is 0 Å². The summed E-state index contributed by atoms with van der Waals surface area (Å²) in [6, 6.07) is 5.25. The first-order valence-electron chi connectivity index (χ1n) is 5.86. The Labute approximate surface area is 110 Å². The third-order valence-electron chi connectivity index (χ3n) is 2.85. The van der Waals surface area contributed by atoms with Gasteiger partial charge >= 0.3 is 5.69 Å². The van der Waals surface area contributed by atoms with Gasteiger partial charge in [0.15, 0.2) is 0 Å². The van der Waals surface area contributed by atoms with Gasteiger partial charge in [0, 0.05) is 24.2 Å². The Morgan fingerprint density at radius 1 is 1.37 bits per heavy atom. The number of hydrogen-bond donors (Lipinski definition) is 1. The largest absolute Gasteiger partial charge is 0.358 e. The first-order chi connectivity index (χ1) is 9.09. The van der Waals surface area contributed by atoms with E-state index in [1.807, 2.05) is 19.1 Å². The molecule has 6 heteroatoms. The van der Waals surface area contributed by atoms with Gasteiger partial charge in [0.25, 0.3) is 0 Å². The zero-order chi connectivity index (χ0) is 13.8. The van der Waals surface area contributed by atoms with E-state index in [0.717, 1.165) is 5.56 Å². The van der Waals surface area contributed by atoms with Crippen LogP contribution in [-0.4, -0.2) is 14.9 Å². The van der Waals surface area contributed by atoms with Gasteiger partial charge in [-0.1, -0.05) is 6.07 Å². The number of aromatic nitrogens is 2. The maximum atomic E-state index is 11.1. The molecule has 0 fully saturated rings. The molecule has 0 spiro atoms. The zero-order valence-corrected chi connectivity index (χ0v) is 10.7. The normalized spacial score (nSPS) is 11.9. The van der Waals surface area contributed by atoms with Crippen molar-refractivity contribution < 1.29 is 4.92 Å². The van der Waals surface area contributed by atoms with Gasteiger partial charge in [-0.15, -0.1) is 0 Å². The van der Waals surface area contributed by atoms with Crippen LogP contribution in [0.2, 0.25) is 0 Å². The van der Waals surface area contributed by atoms with Gasteiger partial charge in [0.2, 0.25) is 5.82 Å². The predicted octanol–water partition coefficient (Wildman–Crippen LogP) is 2.87. The minimum Gasteiger partial charge on any atom is -0.358 e. The summed E-state index contributed by atoms with van der Waals surface area (Å²) in [4.78, 5) is 18.7. The van der Waals surface area contributed by atoms with E-state index in [-0.39, 0.29) is 17.5 Å². The maximum absolute atomic E-state index is 11.1. The maximum Gasteiger partial charge on any atom is 0.314 e. The van der Waals surface area contributed by atoms with Crippen molar-refractivity contribution >= 4 is 11.5 Å². The molecule has 2 aromatic rings. The van der Waals surface area contributed by atoms with Crippen molar-refractivity contribution in [3.63, 3.8) is 0 Å². The molecule has 2 aromatic heterocycles. The van der Waals surface area contributed by atoms with Crippen LogP contribution in [0, 0.1) is 17.0 Å². The molecule has 0 amide bonds. The number of nitrogens with one attached hydrogen (secondary N) is 1. The van der Waals surface area contributed by atoms with Crippen molar-refractivity contribution in [3.8, 4) is 0 Å². The molecule has 0 saturated heterocycles. The fraction of sp³-hybridized carbons (Fsp3) is 0.231. The van der Waals surface area contributed by atoms with E-state index in [0.29, 0.717) is 5.56 Å². The van der Waals surface area contributed by atoms with Crippen LogP contribution in [0.3, 0.4) is 0 Å². The van der Waals surface area contributed by atoms with Gasteiger partial charge in [-0.3, -0.25) is 15.1 Å². The molecule has 2 heterocycles. The molecule has 0 radical (unpaired) electrons. The summed E-state index contributed by atoms with van der Waals surface area (Å²) in [5, 5.41) is 14.1. The van der Waals surface area contributed by atoms with Gasteiger partial charge in [-0.05, 0) is 31.5 Å². The molecule has 1 unspecified atom stereocenters. The van der Waals surface area contributed by atoms with Crippen LogP contribution in [-0.2, 0) is 0 Å². The van der Waals surface area contributed by atoms with E-state index in [9.17, 15) is 10.1 Å². The van der Waals surface area contributed by atoms with E-state index >= 15 is 0 Å². The van der Waals surface area contributed by atoms with Crippen LogP contribution in [0.1, 0.15) is 24.1 Å². The van der Waals surface area contributed by atoms with Gasteiger partial charge in [0.1, 0.15) is 0 Å². The fourth-order valence-corrected chi connectivity index (χ4v) is 1.81. The minimum atomic E-state index is -0.416. The van der Waals surface area contributed by atoms with Crippen molar-refractivity contribution in [1.82, 2.24) is 9.97 Å². The van der Waals surface area contributed by atoms with Gasteiger partial charge in [-0.2, -0.15) is 0 Å². The Morgan fingerprint density at radius 3 is 2.79 bits per heavy atom. The molecular formula is C13H14N4O2. The van der Waals surface area contributed by atoms with Crippen molar-refractivity contribution in [2.24, 2.45) is 0 Å². The number of rotatable bonds is 4. The van der Waals surface area contributed by atoms with Crippen molar-refractivity contribution in [2.75, 3.05) is 5.32 Å². The topological polar surface area (TPSA) is 81.0 Å². The summed E-state index contributed by atoms with van der Waals surface area (Å²) in [7, 11) is 0. The highest BCUT2D eigenvalue weighted by molar-refractivity contribution is 5.60. The molecule has 0 bridgehead atoms. The van der Waals surface area contributed by atoms with Crippen molar-refractivity contribution in [1.29, 1.82) is 0 Å². The molecule has 0 aliphatic carbocycles. The highest BCUT2D eigenvalue weighted by atomic mass is 16.6. The second-order valence-electron chi connectivity index (χ2n) is 4.23. The molecule has 1 N–H and O–H groups in total. The van der Waals surface area contributed by atoms with E-state index in [4.69, 9.17) is 0 Å². The smallest absolute Gasteiger partial charge is 0.314 e. The number of aryl methyl sites for hydroxylation is 1. The lowest BCUT2D eigenvalue weighted by molar-refractivity contribution is -0.384. The SMILES string of the molecule is Cc1ccnc(NC(C)c2cccnc2)c1[N+](=O)[O-]. The van der Waals surface area contributed by atoms with Crippen molar-refractivity contribution in [3.05, 3.63) is 58.0 Å². The number of nitro groups is 1. The summed E-state index contributed by atoms with van der Waals surface area (Å²) in [5.74, 6) is 0.279. The molecule has 6 nitrogen and oxygen atoms in total. The number of hydrogen-bond acceptors (Lipinski definition) is 5. The van der Waals surface area contributed by atoms with E-state index in [2.05, 4.69) is 15.3 Å². The monoisotopic (exact) mass is 258 g/mol. The van der Waals surface area contributed by atoms with Crippen LogP contribution in [0.25, 0.3) is 0 Å². The first-order valence-corrected chi connectivity index (χ1v) is 5.86. The standard InChI is InChI=1S/C13H14N4O2/c1-9-5-7-15-13(12(9)17(18)19)16-10(2)11-4-3-6-14-8-11/h3-8,10H,1-2H3,(H,15,16).